The Kier molecular flexibility index (Phi) is 2.91. The van der Waals surface area contributed by atoms with Gasteiger partial charge in [-0.05, 0) is 17.7 Å². The van der Waals surface area contributed by atoms with Gasteiger partial charge in [0.25, 0.3) is 0 Å². The van der Waals surface area contributed by atoms with E-state index in [4.69, 9.17) is 4.74 Å². The highest BCUT2D eigenvalue weighted by atomic mass is 19.1. The summed E-state index contributed by atoms with van der Waals surface area (Å²) in [5.74, 6) is -0.210. The fourth-order valence-corrected chi connectivity index (χ4v) is 1.58. The molecule has 0 N–H and O–H groups in total. The molecule has 0 amide bonds. The minimum absolute atomic E-state index is 0.160. The average Bonchev–Trinajstić information content (AvgIpc) is 2.32. The fourth-order valence-electron chi connectivity index (χ4n) is 1.58. The third-order valence-electron chi connectivity index (χ3n) is 2.43. The lowest BCUT2D eigenvalue weighted by atomic mass is 10.1. The first-order valence-electron chi connectivity index (χ1n) is 4.99. The van der Waals surface area contributed by atoms with Gasteiger partial charge in [-0.25, -0.2) is 9.07 Å². The van der Waals surface area contributed by atoms with Crippen molar-refractivity contribution in [3.8, 4) is 16.9 Å². The van der Waals surface area contributed by atoms with Crippen LogP contribution in [0, 0.1) is 5.82 Å². The van der Waals surface area contributed by atoms with Crippen molar-refractivity contribution in [2.75, 3.05) is 7.11 Å². The molecular formula is C12H11FN2O2. The number of hydrogen-bond donors (Lipinski definition) is 0. The Balaban J connectivity index is 2.68. The van der Waals surface area contributed by atoms with Gasteiger partial charge in [0, 0.05) is 12.6 Å². The second-order valence-electron chi connectivity index (χ2n) is 3.53. The normalized spacial score (nSPS) is 10.3. The maximum atomic E-state index is 13.1. The first kappa shape index (κ1) is 11.3. The van der Waals surface area contributed by atoms with E-state index in [0.717, 1.165) is 0 Å². The van der Waals surface area contributed by atoms with Crippen LogP contribution in [0.3, 0.4) is 0 Å². The van der Waals surface area contributed by atoms with Gasteiger partial charge < -0.3 is 4.74 Å². The summed E-state index contributed by atoms with van der Waals surface area (Å²) in [6.45, 7) is 0. The Morgan fingerprint density at radius 3 is 2.82 bits per heavy atom. The summed E-state index contributed by atoms with van der Waals surface area (Å²) in [5, 5.41) is 3.90. The molecule has 4 nitrogen and oxygen atoms in total. The molecule has 0 fully saturated rings. The maximum Gasteiger partial charge on any atom is 0.309 e. The first-order valence-corrected chi connectivity index (χ1v) is 4.99. The molecule has 0 spiro atoms. The van der Waals surface area contributed by atoms with Gasteiger partial charge in [0.15, 0.2) is 5.75 Å². The number of hydrogen-bond acceptors (Lipinski definition) is 3. The molecule has 0 aliphatic rings. The Morgan fingerprint density at radius 2 is 2.18 bits per heavy atom. The molecule has 1 heterocycles. The molecular weight excluding hydrogens is 223 g/mol. The second-order valence-corrected chi connectivity index (χ2v) is 3.53. The van der Waals surface area contributed by atoms with E-state index >= 15 is 0 Å². The van der Waals surface area contributed by atoms with Gasteiger partial charge in [0.05, 0.1) is 13.3 Å². The van der Waals surface area contributed by atoms with Gasteiger partial charge >= 0.3 is 5.56 Å². The number of methoxy groups -OCH3 is 1. The van der Waals surface area contributed by atoms with Crippen molar-refractivity contribution >= 4 is 0 Å². The van der Waals surface area contributed by atoms with E-state index in [2.05, 4.69) is 5.10 Å². The van der Waals surface area contributed by atoms with Crippen molar-refractivity contribution in [1.29, 1.82) is 0 Å². The fraction of sp³-hybridized carbons (Fsp3) is 0.167. The molecule has 0 saturated heterocycles. The predicted octanol–water partition coefficient (Wildman–Crippen LogP) is 1.59. The molecule has 0 atom stereocenters. The van der Waals surface area contributed by atoms with E-state index in [9.17, 15) is 9.18 Å². The van der Waals surface area contributed by atoms with Crippen LogP contribution in [0.25, 0.3) is 11.1 Å². The standard InChI is InChI=1S/C12H11FN2O2/c1-15-12(16)11(17-2)10(7-14-15)8-4-3-5-9(13)6-8/h3-7H,1-2H3. The van der Waals surface area contributed by atoms with Crippen LogP contribution in [0.4, 0.5) is 4.39 Å². The summed E-state index contributed by atoms with van der Waals surface area (Å²) in [4.78, 5) is 11.8. The summed E-state index contributed by atoms with van der Waals surface area (Å²) in [6, 6.07) is 5.94. The van der Waals surface area contributed by atoms with Crippen LogP contribution >= 0.6 is 0 Å². The monoisotopic (exact) mass is 234 g/mol. The van der Waals surface area contributed by atoms with Crippen LogP contribution in [0.15, 0.2) is 35.3 Å². The van der Waals surface area contributed by atoms with E-state index in [0.29, 0.717) is 11.1 Å². The maximum absolute atomic E-state index is 13.1. The summed E-state index contributed by atoms with van der Waals surface area (Å²) >= 11 is 0. The number of aromatic nitrogens is 2. The van der Waals surface area contributed by atoms with Gasteiger partial charge in [0.1, 0.15) is 5.82 Å². The molecule has 5 heteroatoms. The van der Waals surface area contributed by atoms with Gasteiger partial charge in [-0.15, -0.1) is 0 Å². The van der Waals surface area contributed by atoms with Crippen LogP contribution in [0.5, 0.6) is 5.75 Å². The smallest absolute Gasteiger partial charge is 0.309 e. The second kappa shape index (κ2) is 4.37. The molecule has 1 aromatic heterocycles. The third kappa shape index (κ3) is 2.04. The third-order valence-corrected chi connectivity index (χ3v) is 2.43. The molecule has 88 valence electrons. The van der Waals surface area contributed by atoms with E-state index in [-0.39, 0.29) is 17.1 Å². The average molecular weight is 234 g/mol. The highest BCUT2D eigenvalue weighted by Gasteiger charge is 2.12. The number of benzene rings is 1. The molecule has 0 bridgehead atoms. The van der Waals surface area contributed by atoms with Crippen molar-refractivity contribution in [2.45, 2.75) is 0 Å². The molecule has 0 aliphatic heterocycles. The van der Waals surface area contributed by atoms with E-state index in [1.54, 1.807) is 12.1 Å². The Bertz CT molecular complexity index is 608. The lowest BCUT2D eigenvalue weighted by Gasteiger charge is -2.08. The summed E-state index contributed by atoms with van der Waals surface area (Å²) < 4.78 is 19.3. The van der Waals surface area contributed by atoms with E-state index in [1.165, 1.54) is 37.2 Å². The Morgan fingerprint density at radius 1 is 1.41 bits per heavy atom. The summed E-state index contributed by atoms with van der Waals surface area (Å²) in [7, 11) is 2.93. The first-order chi connectivity index (χ1) is 8.13. The molecule has 17 heavy (non-hydrogen) atoms. The number of aryl methyl sites for hydroxylation is 1. The van der Waals surface area contributed by atoms with Crippen molar-refractivity contribution in [3.63, 3.8) is 0 Å². The molecule has 0 radical (unpaired) electrons. The van der Waals surface area contributed by atoms with Crippen LogP contribution < -0.4 is 10.3 Å². The molecule has 0 unspecified atom stereocenters. The van der Waals surface area contributed by atoms with Crippen LogP contribution in [0.2, 0.25) is 0 Å². The number of rotatable bonds is 2. The zero-order valence-electron chi connectivity index (χ0n) is 9.48. The quantitative estimate of drug-likeness (QED) is 0.792. The van der Waals surface area contributed by atoms with E-state index in [1.807, 2.05) is 0 Å². The highest BCUT2D eigenvalue weighted by Crippen LogP contribution is 2.25. The van der Waals surface area contributed by atoms with Crippen molar-refractivity contribution < 1.29 is 9.13 Å². The summed E-state index contributed by atoms with van der Waals surface area (Å²) in [5.41, 5.74) is 0.691. The van der Waals surface area contributed by atoms with Gasteiger partial charge in [-0.1, -0.05) is 12.1 Å². The minimum Gasteiger partial charge on any atom is -0.491 e. The van der Waals surface area contributed by atoms with Crippen LogP contribution in [-0.4, -0.2) is 16.9 Å². The van der Waals surface area contributed by atoms with Gasteiger partial charge in [-0.3, -0.25) is 4.79 Å². The Labute approximate surface area is 97.3 Å². The SMILES string of the molecule is COc1c(-c2cccc(F)c2)cnn(C)c1=O. The van der Waals surface area contributed by atoms with Crippen molar-refractivity contribution in [3.05, 3.63) is 46.6 Å². The Hall–Kier alpha value is -2.17. The molecule has 2 rings (SSSR count). The van der Waals surface area contributed by atoms with Crippen molar-refractivity contribution in [2.24, 2.45) is 7.05 Å². The van der Waals surface area contributed by atoms with Crippen molar-refractivity contribution in [1.82, 2.24) is 9.78 Å². The van der Waals surface area contributed by atoms with Crippen LogP contribution in [-0.2, 0) is 7.05 Å². The van der Waals surface area contributed by atoms with E-state index < -0.39 is 0 Å². The molecule has 0 saturated carbocycles. The molecule has 1 aromatic carbocycles. The zero-order valence-corrected chi connectivity index (χ0v) is 9.48. The topological polar surface area (TPSA) is 44.1 Å². The lowest BCUT2D eigenvalue weighted by Crippen LogP contribution is -2.21. The summed E-state index contributed by atoms with van der Waals surface area (Å²) in [6.07, 6.45) is 1.48. The lowest BCUT2D eigenvalue weighted by molar-refractivity contribution is 0.402. The van der Waals surface area contributed by atoms with Gasteiger partial charge in [-0.2, -0.15) is 5.10 Å². The largest absolute Gasteiger partial charge is 0.491 e. The predicted molar refractivity (Wildman–Crippen MR) is 61.4 cm³/mol. The minimum atomic E-state index is -0.370. The number of halogens is 1. The molecule has 2 aromatic rings. The number of ether oxygens (including phenoxy) is 1. The highest BCUT2D eigenvalue weighted by molar-refractivity contribution is 5.68. The van der Waals surface area contributed by atoms with Gasteiger partial charge in [0.2, 0.25) is 0 Å². The zero-order chi connectivity index (χ0) is 12.4. The molecule has 0 aliphatic carbocycles. The number of nitrogens with zero attached hydrogens (tertiary/aromatic N) is 2. The van der Waals surface area contributed by atoms with Crippen LogP contribution in [0.1, 0.15) is 0 Å².